The van der Waals surface area contributed by atoms with Gasteiger partial charge in [-0.05, 0) is 19.3 Å². The molecule has 15 heavy (non-hydrogen) atoms. The molecule has 84 valence electrons. The van der Waals surface area contributed by atoms with Crippen molar-refractivity contribution in [3.63, 3.8) is 0 Å². The number of aryl methyl sites for hydroxylation is 1. The Labute approximate surface area is 89.7 Å². The van der Waals surface area contributed by atoms with E-state index in [1.807, 2.05) is 0 Å². The summed E-state index contributed by atoms with van der Waals surface area (Å²) in [5.74, 6) is 2.05. The second-order valence-electron chi connectivity index (χ2n) is 4.21. The van der Waals surface area contributed by atoms with Gasteiger partial charge < -0.3 is 9.63 Å². The van der Waals surface area contributed by atoms with Crippen LogP contribution in [0.4, 0.5) is 0 Å². The first kappa shape index (κ1) is 10.6. The zero-order valence-electron chi connectivity index (χ0n) is 8.98. The van der Waals surface area contributed by atoms with Crippen molar-refractivity contribution in [2.45, 2.75) is 50.9 Å². The highest BCUT2D eigenvalue weighted by atomic mass is 16.5. The topological polar surface area (TPSA) is 59.2 Å². The number of aliphatic hydroxyl groups is 1. The Morgan fingerprint density at radius 2 is 2.07 bits per heavy atom. The van der Waals surface area contributed by atoms with Crippen LogP contribution in [0.1, 0.15) is 56.2 Å². The van der Waals surface area contributed by atoms with Gasteiger partial charge in [-0.2, -0.15) is 4.98 Å². The lowest BCUT2D eigenvalue weighted by atomic mass is 9.89. The lowest BCUT2D eigenvalue weighted by molar-refractivity contribution is 0.278. The fourth-order valence-electron chi connectivity index (χ4n) is 2.13. The lowest BCUT2D eigenvalue weighted by Gasteiger charge is -2.17. The molecule has 0 atom stereocenters. The van der Waals surface area contributed by atoms with E-state index in [1.54, 1.807) is 0 Å². The van der Waals surface area contributed by atoms with Crippen LogP contribution in [0.5, 0.6) is 0 Å². The normalized spacial score (nSPS) is 18.2. The van der Waals surface area contributed by atoms with E-state index in [-0.39, 0.29) is 6.61 Å². The second-order valence-corrected chi connectivity index (χ2v) is 4.21. The number of hydrogen-bond acceptors (Lipinski definition) is 4. The minimum absolute atomic E-state index is 0.182. The molecular weight excluding hydrogens is 192 g/mol. The van der Waals surface area contributed by atoms with Crippen LogP contribution >= 0.6 is 0 Å². The number of aromatic nitrogens is 2. The van der Waals surface area contributed by atoms with Gasteiger partial charge in [0.15, 0.2) is 5.82 Å². The Morgan fingerprint density at radius 1 is 1.27 bits per heavy atom. The summed E-state index contributed by atoms with van der Waals surface area (Å²) in [7, 11) is 0. The summed E-state index contributed by atoms with van der Waals surface area (Å²) in [4.78, 5) is 4.38. The van der Waals surface area contributed by atoms with Crippen LogP contribution in [0, 0.1) is 0 Å². The van der Waals surface area contributed by atoms with Gasteiger partial charge in [-0.15, -0.1) is 0 Å². The van der Waals surface area contributed by atoms with E-state index in [0.717, 1.165) is 5.82 Å². The molecule has 1 saturated carbocycles. The number of nitrogens with zero attached hydrogens (tertiary/aromatic N) is 2. The molecule has 2 rings (SSSR count). The standard InChI is InChI=1S/C11H18N2O2/c14-8-4-7-10-12-11(13-15-10)9-5-2-1-3-6-9/h9,14H,1-8H2. The van der Waals surface area contributed by atoms with E-state index in [2.05, 4.69) is 10.1 Å². The third-order valence-corrected chi connectivity index (χ3v) is 3.00. The summed E-state index contributed by atoms with van der Waals surface area (Å²) >= 11 is 0. The van der Waals surface area contributed by atoms with Crippen molar-refractivity contribution in [3.05, 3.63) is 11.7 Å². The smallest absolute Gasteiger partial charge is 0.226 e. The van der Waals surface area contributed by atoms with Crippen molar-refractivity contribution < 1.29 is 9.63 Å². The van der Waals surface area contributed by atoms with Crippen molar-refractivity contribution in [1.29, 1.82) is 0 Å². The first-order valence-electron chi connectivity index (χ1n) is 5.83. The molecule has 0 unspecified atom stereocenters. The Kier molecular flexibility index (Phi) is 3.72. The third kappa shape index (κ3) is 2.78. The molecule has 0 aromatic carbocycles. The molecule has 0 radical (unpaired) electrons. The number of hydrogen-bond donors (Lipinski definition) is 1. The van der Waals surface area contributed by atoms with E-state index in [9.17, 15) is 0 Å². The molecule has 1 N–H and O–H groups in total. The molecule has 0 aliphatic heterocycles. The zero-order chi connectivity index (χ0) is 10.5. The molecule has 4 nitrogen and oxygen atoms in total. The molecule has 1 heterocycles. The van der Waals surface area contributed by atoms with Gasteiger partial charge in [-0.25, -0.2) is 0 Å². The van der Waals surface area contributed by atoms with Crippen molar-refractivity contribution in [2.24, 2.45) is 0 Å². The largest absolute Gasteiger partial charge is 0.396 e. The fourth-order valence-corrected chi connectivity index (χ4v) is 2.13. The summed E-state index contributed by atoms with van der Waals surface area (Å²) in [5, 5.41) is 12.7. The SMILES string of the molecule is OCCCc1nc(C2CCCCC2)no1. The van der Waals surface area contributed by atoms with Crippen LogP contribution in [0.2, 0.25) is 0 Å². The molecule has 0 bridgehead atoms. The quantitative estimate of drug-likeness (QED) is 0.826. The third-order valence-electron chi connectivity index (χ3n) is 3.00. The van der Waals surface area contributed by atoms with Crippen LogP contribution < -0.4 is 0 Å². The molecule has 1 fully saturated rings. The Bertz CT molecular complexity index is 293. The maximum atomic E-state index is 8.69. The predicted molar refractivity (Wildman–Crippen MR) is 55.5 cm³/mol. The minimum Gasteiger partial charge on any atom is -0.396 e. The van der Waals surface area contributed by atoms with Crippen LogP contribution in [-0.4, -0.2) is 21.9 Å². The molecule has 1 aromatic heterocycles. The second kappa shape index (κ2) is 5.26. The lowest BCUT2D eigenvalue weighted by Crippen LogP contribution is -2.06. The van der Waals surface area contributed by atoms with Crippen molar-refractivity contribution in [2.75, 3.05) is 6.61 Å². The van der Waals surface area contributed by atoms with E-state index in [4.69, 9.17) is 9.63 Å². The van der Waals surface area contributed by atoms with Gasteiger partial charge in [-0.1, -0.05) is 24.4 Å². The Morgan fingerprint density at radius 3 is 2.80 bits per heavy atom. The van der Waals surface area contributed by atoms with E-state index in [0.29, 0.717) is 24.7 Å². The maximum absolute atomic E-state index is 8.69. The van der Waals surface area contributed by atoms with Crippen molar-refractivity contribution in [1.82, 2.24) is 10.1 Å². The molecular formula is C11H18N2O2. The first-order chi connectivity index (χ1) is 7.40. The summed E-state index contributed by atoms with van der Waals surface area (Å²) < 4.78 is 5.15. The number of rotatable bonds is 4. The monoisotopic (exact) mass is 210 g/mol. The van der Waals surface area contributed by atoms with Gasteiger partial charge >= 0.3 is 0 Å². The fraction of sp³-hybridized carbons (Fsp3) is 0.818. The average Bonchev–Trinajstić information content (AvgIpc) is 2.76. The Hall–Kier alpha value is -0.900. The first-order valence-corrected chi connectivity index (χ1v) is 5.83. The van der Waals surface area contributed by atoms with Gasteiger partial charge in [0.25, 0.3) is 0 Å². The van der Waals surface area contributed by atoms with Gasteiger partial charge in [-0.3, -0.25) is 0 Å². The van der Waals surface area contributed by atoms with Gasteiger partial charge in [0.2, 0.25) is 5.89 Å². The molecule has 4 heteroatoms. The predicted octanol–water partition coefficient (Wildman–Crippen LogP) is 2.04. The molecule has 0 spiro atoms. The molecule has 1 aliphatic carbocycles. The van der Waals surface area contributed by atoms with Crippen molar-refractivity contribution in [3.8, 4) is 0 Å². The highest BCUT2D eigenvalue weighted by Gasteiger charge is 2.20. The molecule has 0 amide bonds. The van der Waals surface area contributed by atoms with Crippen LogP contribution in [0.15, 0.2) is 4.52 Å². The Balaban J connectivity index is 1.93. The zero-order valence-corrected chi connectivity index (χ0v) is 8.98. The van der Waals surface area contributed by atoms with Gasteiger partial charge in [0, 0.05) is 18.9 Å². The van der Waals surface area contributed by atoms with Crippen LogP contribution in [-0.2, 0) is 6.42 Å². The highest BCUT2D eigenvalue weighted by molar-refractivity contribution is 4.96. The summed E-state index contributed by atoms with van der Waals surface area (Å²) in [6.45, 7) is 0.182. The van der Waals surface area contributed by atoms with Crippen molar-refractivity contribution >= 4 is 0 Å². The number of aliphatic hydroxyl groups excluding tert-OH is 1. The highest BCUT2D eigenvalue weighted by Crippen LogP contribution is 2.30. The molecule has 1 aliphatic rings. The maximum Gasteiger partial charge on any atom is 0.226 e. The summed E-state index contributed by atoms with van der Waals surface area (Å²) in [5.41, 5.74) is 0. The van der Waals surface area contributed by atoms with Gasteiger partial charge in [0.1, 0.15) is 0 Å². The van der Waals surface area contributed by atoms with E-state index in [1.165, 1.54) is 32.1 Å². The van der Waals surface area contributed by atoms with Crippen LogP contribution in [0.3, 0.4) is 0 Å². The van der Waals surface area contributed by atoms with E-state index < -0.39 is 0 Å². The summed E-state index contributed by atoms with van der Waals surface area (Å²) in [6, 6.07) is 0. The summed E-state index contributed by atoms with van der Waals surface area (Å²) in [6.07, 6.45) is 7.68. The minimum atomic E-state index is 0.182. The molecule has 1 aromatic rings. The van der Waals surface area contributed by atoms with Crippen LogP contribution in [0.25, 0.3) is 0 Å². The van der Waals surface area contributed by atoms with Gasteiger partial charge in [0.05, 0.1) is 0 Å². The average molecular weight is 210 g/mol. The molecule has 0 saturated heterocycles. The van der Waals surface area contributed by atoms with E-state index >= 15 is 0 Å².